The molecule has 152 valence electrons. The third-order valence-corrected chi connectivity index (χ3v) is 6.19. The fraction of sp³-hybridized carbons (Fsp3) is 0.524. The molecule has 2 unspecified atom stereocenters. The van der Waals surface area contributed by atoms with E-state index < -0.39 is 0 Å². The Kier molecular flexibility index (Phi) is 6.40. The highest BCUT2D eigenvalue weighted by Gasteiger charge is 2.40. The molecule has 2 fully saturated rings. The maximum atomic E-state index is 13.2. The molecule has 7 heteroatoms. The smallest absolute Gasteiger partial charge is 0.255 e. The molecule has 1 aromatic heterocycles. The van der Waals surface area contributed by atoms with Crippen LogP contribution in [-0.4, -0.2) is 27.8 Å². The highest BCUT2D eigenvalue weighted by molar-refractivity contribution is 5.95. The van der Waals surface area contributed by atoms with Gasteiger partial charge in [0.2, 0.25) is 0 Å². The van der Waals surface area contributed by atoms with Crippen LogP contribution >= 0.6 is 12.4 Å². The monoisotopic (exact) mass is 406 g/mol. The Labute approximate surface area is 171 Å². The Balaban J connectivity index is 0.00000225. The summed E-state index contributed by atoms with van der Waals surface area (Å²) in [5.74, 6) is 0.615. The zero-order chi connectivity index (χ0) is 19.0. The number of amides is 1. The third-order valence-electron chi connectivity index (χ3n) is 6.19. The predicted octanol–water partition coefficient (Wildman–Crippen LogP) is 3.63. The van der Waals surface area contributed by atoms with Crippen LogP contribution in [0.2, 0.25) is 0 Å². The third kappa shape index (κ3) is 3.94. The molecule has 4 rings (SSSR count). The van der Waals surface area contributed by atoms with Crippen molar-refractivity contribution in [1.29, 1.82) is 0 Å². The minimum absolute atomic E-state index is 0. The van der Waals surface area contributed by atoms with Gasteiger partial charge in [-0.3, -0.25) is 4.79 Å². The molecule has 2 saturated carbocycles. The van der Waals surface area contributed by atoms with Gasteiger partial charge >= 0.3 is 0 Å². The number of carbonyl (C=O) groups excluding carboxylic acids is 1. The summed E-state index contributed by atoms with van der Waals surface area (Å²) < 4.78 is 14.9. The maximum absolute atomic E-state index is 13.2. The van der Waals surface area contributed by atoms with Gasteiger partial charge in [-0.2, -0.15) is 5.10 Å². The van der Waals surface area contributed by atoms with Crippen molar-refractivity contribution in [3.63, 3.8) is 0 Å². The molecule has 1 aromatic carbocycles. The molecular weight excluding hydrogens is 379 g/mol. The van der Waals surface area contributed by atoms with Crippen LogP contribution in [0.4, 0.5) is 4.39 Å². The molecule has 0 radical (unpaired) electrons. The second kappa shape index (κ2) is 8.62. The van der Waals surface area contributed by atoms with Gasteiger partial charge in [0, 0.05) is 12.1 Å². The van der Waals surface area contributed by atoms with Gasteiger partial charge < -0.3 is 11.1 Å². The van der Waals surface area contributed by atoms with E-state index in [1.807, 2.05) is 6.92 Å². The normalized spacial score (nSPS) is 26.4. The Morgan fingerprint density at radius 2 is 1.89 bits per heavy atom. The minimum atomic E-state index is -0.288. The van der Waals surface area contributed by atoms with Gasteiger partial charge in [-0.1, -0.05) is 13.3 Å². The molecule has 2 bridgehead atoms. The predicted molar refractivity (Wildman–Crippen MR) is 109 cm³/mol. The van der Waals surface area contributed by atoms with Crippen molar-refractivity contribution >= 4 is 18.3 Å². The molecule has 2 aliphatic rings. The topological polar surface area (TPSA) is 72.9 Å². The molecule has 5 nitrogen and oxygen atoms in total. The van der Waals surface area contributed by atoms with E-state index in [0.717, 1.165) is 37.1 Å². The van der Waals surface area contributed by atoms with E-state index in [4.69, 9.17) is 5.73 Å². The summed E-state index contributed by atoms with van der Waals surface area (Å²) in [4.78, 5) is 13.0. The zero-order valence-electron chi connectivity index (χ0n) is 16.1. The van der Waals surface area contributed by atoms with E-state index >= 15 is 0 Å². The first-order valence-corrected chi connectivity index (χ1v) is 9.96. The summed E-state index contributed by atoms with van der Waals surface area (Å²) in [6.45, 7) is 2.00. The highest BCUT2D eigenvalue weighted by Crippen LogP contribution is 2.39. The lowest BCUT2D eigenvalue weighted by atomic mass is 9.67. The molecule has 3 N–H and O–H groups in total. The number of nitrogens with zero attached hydrogens (tertiary/aromatic N) is 2. The first-order chi connectivity index (χ1) is 13.1. The van der Waals surface area contributed by atoms with Crippen molar-refractivity contribution in [2.75, 3.05) is 0 Å². The number of aromatic nitrogens is 2. The summed E-state index contributed by atoms with van der Waals surface area (Å²) in [5.41, 5.74) is 8.41. The molecule has 28 heavy (non-hydrogen) atoms. The molecule has 0 spiro atoms. The molecule has 1 amide bonds. The van der Waals surface area contributed by atoms with Crippen LogP contribution in [0.5, 0.6) is 0 Å². The van der Waals surface area contributed by atoms with Crippen LogP contribution in [0.25, 0.3) is 5.69 Å². The van der Waals surface area contributed by atoms with Crippen LogP contribution in [0.15, 0.2) is 30.5 Å². The van der Waals surface area contributed by atoms with Gasteiger partial charge in [0.1, 0.15) is 5.82 Å². The molecule has 2 aliphatic carbocycles. The largest absolute Gasteiger partial charge is 0.349 e. The van der Waals surface area contributed by atoms with Gasteiger partial charge in [0.05, 0.1) is 23.1 Å². The van der Waals surface area contributed by atoms with E-state index in [9.17, 15) is 9.18 Å². The molecular formula is C21H28ClFN4O. The number of carbonyl (C=O) groups is 1. The number of fused-ring (bicyclic) bond motifs is 2. The second-order valence-corrected chi connectivity index (χ2v) is 7.93. The lowest BCUT2D eigenvalue weighted by Gasteiger charge is -2.45. The number of hydrogen-bond donors (Lipinski definition) is 2. The second-order valence-electron chi connectivity index (χ2n) is 7.93. The van der Waals surface area contributed by atoms with Crippen molar-refractivity contribution < 1.29 is 9.18 Å². The Morgan fingerprint density at radius 3 is 2.50 bits per heavy atom. The molecule has 2 aromatic rings. The lowest BCUT2D eigenvalue weighted by Crippen LogP contribution is -2.53. The van der Waals surface area contributed by atoms with Crippen LogP contribution in [0.3, 0.4) is 0 Å². The molecule has 1 heterocycles. The van der Waals surface area contributed by atoms with Gasteiger partial charge in [0.15, 0.2) is 0 Å². The van der Waals surface area contributed by atoms with Crippen molar-refractivity contribution in [3.05, 3.63) is 47.5 Å². The van der Waals surface area contributed by atoms with Gasteiger partial charge in [0.25, 0.3) is 5.91 Å². The number of benzene rings is 1. The van der Waals surface area contributed by atoms with Crippen LogP contribution in [0.1, 0.15) is 55.1 Å². The zero-order valence-corrected chi connectivity index (χ0v) is 16.9. The standard InChI is InChI=1S/C21H27FN4O.ClH/c1-2-19-18(12-24-26(19)17-8-6-15(22)7-9-17)21(27)25-20-13-4-3-5-14(20)11-16(23)10-13;/h6-9,12-14,16,20H,2-5,10-11,23H2,1H3,(H,25,27);1H. The summed E-state index contributed by atoms with van der Waals surface area (Å²) in [6, 6.07) is 6.64. The Hall–Kier alpha value is -1.92. The van der Waals surface area contributed by atoms with Crippen molar-refractivity contribution in [2.24, 2.45) is 17.6 Å². The first kappa shape index (κ1) is 20.8. The average Bonchev–Trinajstić information content (AvgIpc) is 3.07. The van der Waals surface area contributed by atoms with E-state index in [1.54, 1.807) is 23.0 Å². The number of halogens is 2. The van der Waals surface area contributed by atoms with Crippen molar-refractivity contribution in [3.8, 4) is 5.69 Å². The summed E-state index contributed by atoms with van der Waals surface area (Å²) >= 11 is 0. The molecule has 2 atom stereocenters. The SMILES string of the molecule is CCc1c(C(=O)NC2C3CCCC2CC(N)C3)cnn1-c1ccc(F)cc1.Cl. The summed E-state index contributed by atoms with van der Waals surface area (Å²) in [7, 11) is 0. The fourth-order valence-electron chi connectivity index (χ4n) is 4.96. The lowest BCUT2D eigenvalue weighted by molar-refractivity contribution is 0.0755. The highest BCUT2D eigenvalue weighted by atomic mass is 35.5. The quantitative estimate of drug-likeness (QED) is 0.814. The minimum Gasteiger partial charge on any atom is -0.349 e. The number of hydrogen-bond acceptors (Lipinski definition) is 3. The molecule has 0 aliphatic heterocycles. The Morgan fingerprint density at radius 1 is 1.25 bits per heavy atom. The van der Waals surface area contributed by atoms with Crippen molar-refractivity contribution in [1.82, 2.24) is 15.1 Å². The van der Waals surface area contributed by atoms with Gasteiger partial charge in [-0.15, -0.1) is 12.4 Å². The summed E-state index contributed by atoms with van der Waals surface area (Å²) in [5, 5.41) is 7.70. The van der Waals surface area contributed by atoms with E-state index in [-0.39, 0.29) is 36.2 Å². The number of rotatable bonds is 4. The van der Waals surface area contributed by atoms with E-state index in [2.05, 4.69) is 10.4 Å². The number of nitrogens with one attached hydrogen (secondary N) is 1. The maximum Gasteiger partial charge on any atom is 0.255 e. The summed E-state index contributed by atoms with van der Waals surface area (Å²) in [6.07, 6.45) is 7.81. The van der Waals surface area contributed by atoms with Crippen LogP contribution < -0.4 is 11.1 Å². The average molecular weight is 407 g/mol. The van der Waals surface area contributed by atoms with Gasteiger partial charge in [-0.05, 0) is 68.2 Å². The van der Waals surface area contributed by atoms with Gasteiger partial charge in [-0.25, -0.2) is 9.07 Å². The van der Waals surface area contributed by atoms with Crippen molar-refractivity contribution in [2.45, 2.75) is 57.5 Å². The van der Waals surface area contributed by atoms with E-state index in [1.165, 1.54) is 18.6 Å². The fourth-order valence-corrected chi connectivity index (χ4v) is 4.96. The van der Waals surface area contributed by atoms with E-state index in [0.29, 0.717) is 23.8 Å². The molecule has 0 saturated heterocycles. The van der Waals surface area contributed by atoms with Crippen LogP contribution in [-0.2, 0) is 6.42 Å². The number of nitrogens with two attached hydrogens (primary N) is 1. The Bertz CT molecular complexity index is 808. The van der Waals surface area contributed by atoms with Crippen LogP contribution in [0, 0.1) is 17.7 Å². The first-order valence-electron chi connectivity index (χ1n) is 9.96.